The lowest BCUT2D eigenvalue weighted by atomic mass is 10.1. The number of aliphatic imine (C=N–C) groups is 1. The van der Waals surface area contributed by atoms with Crippen LogP contribution in [0, 0.1) is 0 Å². The average Bonchev–Trinajstić information content (AvgIpc) is 3.42. The second kappa shape index (κ2) is 12.7. The van der Waals surface area contributed by atoms with Crippen molar-refractivity contribution in [1.82, 2.24) is 15.8 Å². The van der Waals surface area contributed by atoms with Gasteiger partial charge in [-0.2, -0.15) is 0 Å². The molecule has 170 valence electrons. The first kappa shape index (κ1) is 25.1. The van der Waals surface area contributed by atoms with E-state index in [-0.39, 0.29) is 36.0 Å². The van der Waals surface area contributed by atoms with Gasteiger partial charge in [-0.25, -0.2) is 4.99 Å². The fraction of sp³-hybridized carbons (Fsp3) is 0.500. The van der Waals surface area contributed by atoms with E-state index in [1.807, 2.05) is 37.3 Å². The maximum absolute atomic E-state index is 12.2. The minimum absolute atomic E-state index is 0. The Labute approximate surface area is 200 Å². The second-order valence-electron chi connectivity index (χ2n) is 7.61. The van der Waals surface area contributed by atoms with Gasteiger partial charge < -0.3 is 25.2 Å². The first-order chi connectivity index (χ1) is 14.5. The molecule has 1 unspecified atom stereocenters. The molecule has 3 N–H and O–H groups in total. The van der Waals surface area contributed by atoms with Crippen LogP contribution in [0.2, 0.25) is 0 Å². The Morgan fingerprint density at radius 1 is 1.29 bits per heavy atom. The van der Waals surface area contributed by atoms with E-state index in [0.29, 0.717) is 31.6 Å². The largest absolute Gasteiger partial charge is 0.368 e. The van der Waals surface area contributed by atoms with Crippen LogP contribution in [-0.4, -0.2) is 36.3 Å². The van der Waals surface area contributed by atoms with Crippen LogP contribution in [0.1, 0.15) is 56.5 Å². The van der Waals surface area contributed by atoms with Crippen LogP contribution in [0.3, 0.4) is 0 Å². The van der Waals surface area contributed by atoms with Crippen LogP contribution in [0.25, 0.3) is 0 Å². The van der Waals surface area contributed by atoms with E-state index in [1.165, 1.54) is 0 Å². The van der Waals surface area contributed by atoms with Gasteiger partial charge in [0.2, 0.25) is 0 Å². The molecule has 8 nitrogen and oxygen atoms in total. The highest BCUT2D eigenvalue weighted by Gasteiger charge is 2.23. The maximum atomic E-state index is 12.2. The SMILES string of the molecule is CCNC(=NCc1cccc(NC(=O)C2CCCO2)c1)NCc1cc(C(C)C)no1.I. The minimum Gasteiger partial charge on any atom is -0.368 e. The van der Waals surface area contributed by atoms with Gasteiger partial charge in [-0.05, 0) is 43.4 Å². The average molecular weight is 541 g/mol. The lowest BCUT2D eigenvalue weighted by Crippen LogP contribution is -2.36. The molecule has 0 radical (unpaired) electrons. The summed E-state index contributed by atoms with van der Waals surface area (Å²) in [5.74, 6) is 1.70. The van der Waals surface area contributed by atoms with Gasteiger partial charge in [-0.1, -0.05) is 31.1 Å². The number of nitrogens with zero attached hydrogens (tertiary/aromatic N) is 2. The van der Waals surface area contributed by atoms with E-state index < -0.39 is 0 Å². The molecule has 0 spiro atoms. The number of aromatic nitrogens is 1. The molecule has 1 amide bonds. The second-order valence-corrected chi connectivity index (χ2v) is 7.61. The van der Waals surface area contributed by atoms with Crippen LogP contribution in [-0.2, 0) is 22.6 Å². The molecular weight excluding hydrogens is 509 g/mol. The topological polar surface area (TPSA) is 101 Å². The van der Waals surface area contributed by atoms with Gasteiger partial charge in [0.05, 0.1) is 18.8 Å². The molecule has 1 aromatic heterocycles. The van der Waals surface area contributed by atoms with E-state index in [9.17, 15) is 4.79 Å². The number of hydrogen-bond acceptors (Lipinski definition) is 5. The summed E-state index contributed by atoms with van der Waals surface area (Å²) in [7, 11) is 0. The number of nitrogens with one attached hydrogen (secondary N) is 3. The summed E-state index contributed by atoms with van der Waals surface area (Å²) in [6.07, 6.45) is 1.36. The van der Waals surface area contributed by atoms with E-state index in [2.05, 4.69) is 39.9 Å². The van der Waals surface area contributed by atoms with Crippen molar-refractivity contribution in [2.24, 2.45) is 4.99 Å². The van der Waals surface area contributed by atoms with Crippen LogP contribution in [0.4, 0.5) is 5.69 Å². The van der Waals surface area contributed by atoms with Gasteiger partial charge in [0, 0.05) is 24.9 Å². The van der Waals surface area contributed by atoms with Gasteiger partial charge in [-0.15, -0.1) is 24.0 Å². The molecule has 0 saturated carbocycles. The Morgan fingerprint density at radius 3 is 2.81 bits per heavy atom. The third-order valence-electron chi connectivity index (χ3n) is 4.78. The zero-order valence-electron chi connectivity index (χ0n) is 18.3. The van der Waals surface area contributed by atoms with Crippen molar-refractivity contribution in [2.45, 2.75) is 58.7 Å². The molecule has 31 heavy (non-hydrogen) atoms. The zero-order chi connectivity index (χ0) is 21.3. The Kier molecular flexibility index (Phi) is 10.3. The molecule has 1 aliphatic heterocycles. The molecule has 0 aliphatic carbocycles. The molecule has 1 atom stereocenters. The Bertz CT molecular complexity index is 862. The van der Waals surface area contributed by atoms with Gasteiger partial charge in [0.25, 0.3) is 5.91 Å². The summed E-state index contributed by atoms with van der Waals surface area (Å²) in [4.78, 5) is 16.9. The van der Waals surface area contributed by atoms with Crippen molar-refractivity contribution in [2.75, 3.05) is 18.5 Å². The molecule has 3 rings (SSSR count). The number of hydrogen-bond donors (Lipinski definition) is 3. The fourth-order valence-corrected chi connectivity index (χ4v) is 3.12. The summed E-state index contributed by atoms with van der Waals surface area (Å²) in [5, 5.41) is 13.5. The summed E-state index contributed by atoms with van der Waals surface area (Å²) < 4.78 is 10.8. The molecule has 9 heteroatoms. The Hall–Kier alpha value is -2.14. The van der Waals surface area contributed by atoms with E-state index in [1.54, 1.807) is 0 Å². The number of ether oxygens (including phenoxy) is 1. The van der Waals surface area contributed by atoms with E-state index >= 15 is 0 Å². The van der Waals surface area contributed by atoms with Crippen LogP contribution in [0.5, 0.6) is 0 Å². The fourth-order valence-electron chi connectivity index (χ4n) is 3.12. The summed E-state index contributed by atoms with van der Waals surface area (Å²) in [6, 6.07) is 9.67. The van der Waals surface area contributed by atoms with Gasteiger partial charge >= 0.3 is 0 Å². The standard InChI is InChI=1S/C22H31N5O3.HI/c1-4-23-22(25-14-18-12-19(15(2)3)27-30-18)24-13-16-7-5-8-17(11-16)26-21(28)20-9-6-10-29-20;/h5,7-8,11-12,15,20H,4,6,9-10,13-14H2,1-3H3,(H,26,28)(H2,23,24,25);1H. The summed E-state index contributed by atoms with van der Waals surface area (Å²) >= 11 is 0. The number of guanidine groups is 1. The van der Waals surface area contributed by atoms with Crippen molar-refractivity contribution in [1.29, 1.82) is 0 Å². The molecule has 1 aromatic carbocycles. The minimum atomic E-state index is -0.344. The Balaban J connectivity index is 0.00000341. The molecule has 2 heterocycles. The number of carbonyl (C=O) groups is 1. The summed E-state index contributed by atoms with van der Waals surface area (Å²) in [5.41, 5.74) is 2.69. The van der Waals surface area contributed by atoms with E-state index in [0.717, 1.165) is 42.1 Å². The lowest BCUT2D eigenvalue weighted by Gasteiger charge is -2.12. The van der Waals surface area contributed by atoms with Gasteiger partial charge in [-0.3, -0.25) is 4.79 Å². The quantitative estimate of drug-likeness (QED) is 0.267. The highest BCUT2D eigenvalue weighted by atomic mass is 127. The van der Waals surface area contributed by atoms with Crippen molar-refractivity contribution < 1.29 is 14.1 Å². The number of carbonyl (C=O) groups excluding carboxylic acids is 1. The first-order valence-electron chi connectivity index (χ1n) is 10.5. The summed E-state index contributed by atoms with van der Waals surface area (Å²) in [6.45, 7) is 8.56. The molecule has 1 fully saturated rings. The van der Waals surface area contributed by atoms with Crippen molar-refractivity contribution in [3.05, 3.63) is 47.3 Å². The zero-order valence-corrected chi connectivity index (χ0v) is 20.6. The lowest BCUT2D eigenvalue weighted by molar-refractivity contribution is -0.124. The van der Waals surface area contributed by atoms with Crippen molar-refractivity contribution in [3.63, 3.8) is 0 Å². The predicted molar refractivity (Wildman–Crippen MR) is 132 cm³/mol. The van der Waals surface area contributed by atoms with Crippen molar-refractivity contribution >= 4 is 41.5 Å². The predicted octanol–water partition coefficient (Wildman–Crippen LogP) is 3.79. The Morgan fingerprint density at radius 2 is 2.13 bits per heavy atom. The number of anilines is 1. The monoisotopic (exact) mass is 541 g/mol. The maximum Gasteiger partial charge on any atom is 0.253 e. The molecule has 2 aromatic rings. The highest BCUT2D eigenvalue weighted by molar-refractivity contribution is 14.0. The van der Waals surface area contributed by atoms with Crippen LogP contribution >= 0.6 is 24.0 Å². The van der Waals surface area contributed by atoms with Crippen molar-refractivity contribution in [3.8, 4) is 0 Å². The molecule has 1 aliphatic rings. The number of rotatable bonds is 8. The van der Waals surface area contributed by atoms with Crippen LogP contribution < -0.4 is 16.0 Å². The number of amides is 1. The van der Waals surface area contributed by atoms with E-state index in [4.69, 9.17) is 9.26 Å². The highest BCUT2D eigenvalue weighted by Crippen LogP contribution is 2.17. The van der Waals surface area contributed by atoms with Gasteiger partial charge in [0.1, 0.15) is 6.10 Å². The molecule has 1 saturated heterocycles. The first-order valence-corrected chi connectivity index (χ1v) is 10.5. The smallest absolute Gasteiger partial charge is 0.253 e. The van der Waals surface area contributed by atoms with Gasteiger partial charge in [0.15, 0.2) is 11.7 Å². The number of halogens is 1. The number of benzene rings is 1. The normalized spacial score (nSPS) is 16.1. The molecule has 0 bridgehead atoms. The third-order valence-corrected chi connectivity index (χ3v) is 4.78. The van der Waals surface area contributed by atoms with Crippen LogP contribution in [0.15, 0.2) is 39.8 Å². The third kappa shape index (κ3) is 7.80. The molecular formula is C22H32IN5O3.